The first-order chi connectivity index (χ1) is 16.0. The van der Waals surface area contributed by atoms with Crippen LogP contribution in [0.15, 0.2) is 48.5 Å². The molecular weight excluding hydrogens is 434 g/mol. The smallest absolute Gasteiger partial charge is 0.257 e. The number of amides is 2. The topological polar surface area (TPSA) is 79.5 Å². The molecule has 0 atom stereocenters. The minimum Gasteiger partial charge on any atom is -0.494 e. The van der Waals surface area contributed by atoms with E-state index in [0.717, 1.165) is 25.0 Å². The molecule has 7 heteroatoms. The van der Waals surface area contributed by atoms with Crippen molar-refractivity contribution in [1.82, 2.24) is 10.6 Å². The second-order valence-electron chi connectivity index (χ2n) is 7.89. The lowest BCUT2D eigenvalue weighted by atomic mass is 10.2. The highest BCUT2D eigenvalue weighted by atomic mass is 32.1. The Labute approximate surface area is 202 Å². The molecule has 0 spiro atoms. The summed E-state index contributed by atoms with van der Waals surface area (Å²) in [6, 6.07) is 14.0. The maximum absolute atomic E-state index is 12.5. The molecule has 0 aliphatic heterocycles. The van der Waals surface area contributed by atoms with E-state index in [1.54, 1.807) is 48.5 Å². The number of hydrogen-bond acceptors (Lipinski definition) is 4. The molecule has 0 heterocycles. The minimum absolute atomic E-state index is 0.134. The van der Waals surface area contributed by atoms with E-state index in [1.165, 1.54) is 25.7 Å². The van der Waals surface area contributed by atoms with E-state index in [-0.39, 0.29) is 16.9 Å². The van der Waals surface area contributed by atoms with Gasteiger partial charge in [0.1, 0.15) is 5.75 Å². The van der Waals surface area contributed by atoms with Gasteiger partial charge in [0.25, 0.3) is 11.8 Å². The Balaban J connectivity index is 1.80. The first kappa shape index (κ1) is 26.3. The van der Waals surface area contributed by atoms with E-state index >= 15 is 0 Å². The average molecular weight is 470 g/mol. The van der Waals surface area contributed by atoms with Crippen molar-refractivity contribution in [1.29, 1.82) is 0 Å². The van der Waals surface area contributed by atoms with Crippen molar-refractivity contribution in [3.8, 4) is 5.75 Å². The third-order valence-corrected chi connectivity index (χ3v) is 5.26. The van der Waals surface area contributed by atoms with Crippen molar-refractivity contribution in [3.05, 3.63) is 59.7 Å². The summed E-state index contributed by atoms with van der Waals surface area (Å²) in [6.07, 6.45) is 7.89. The van der Waals surface area contributed by atoms with Crippen molar-refractivity contribution < 1.29 is 14.3 Å². The maximum Gasteiger partial charge on any atom is 0.257 e. The van der Waals surface area contributed by atoms with Gasteiger partial charge in [0.2, 0.25) is 0 Å². The Hall–Kier alpha value is -2.93. The third-order valence-electron chi connectivity index (χ3n) is 5.06. The van der Waals surface area contributed by atoms with Crippen LogP contribution in [0.4, 0.5) is 5.69 Å². The number of unbranched alkanes of at least 4 members (excludes halogenated alkanes) is 5. The summed E-state index contributed by atoms with van der Waals surface area (Å²) in [5, 5.41) is 8.67. The zero-order valence-corrected chi connectivity index (χ0v) is 20.4. The summed E-state index contributed by atoms with van der Waals surface area (Å²) >= 11 is 5.27. The van der Waals surface area contributed by atoms with Gasteiger partial charge in [-0.2, -0.15) is 0 Å². The molecule has 3 N–H and O–H groups in total. The summed E-state index contributed by atoms with van der Waals surface area (Å²) in [4.78, 5) is 24.7. The Morgan fingerprint density at radius 1 is 0.848 bits per heavy atom. The Bertz CT molecular complexity index is 900. The van der Waals surface area contributed by atoms with Gasteiger partial charge in [0, 0.05) is 23.4 Å². The molecule has 0 aromatic heterocycles. The average Bonchev–Trinajstić information content (AvgIpc) is 2.82. The molecule has 2 aromatic rings. The lowest BCUT2D eigenvalue weighted by molar-refractivity contribution is 0.0950. The molecule has 0 aliphatic carbocycles. The van der Waals surface area contributed by atoms with E-state index in [9.17, 15) is 9.59 Å². The van der Waals surface area contributed by atoms with Crippen LogP contribution in [0.2, 0.25) is 0 Å². The Kier molecular flexibility index (Phi) is 12.0. The molecule has 6 nitrogen and oxygen atoms in total. The molecule has 2 rings (SSSR count). The van der Waals surface area contributed by atoms with Gasteiger partial charge < -0.3 is 15.4 Å². The Morgan fingerprint density at radius 3 is 2.30 bits per heavy atom. The predicted octanol–water partition coefficient (Wildman–Crippen LogP) is 5.69. The number of ether oxygens (including phenoxy) is 1. The monoisotopic (exact) mass is 469 g/mol. The summed E-state index contributed by atoms with van der Waals surface area (Å²) in [5.74, 6) is 0.300. The van der Waals surface area contributed by atoms with Crippen LogP contribution in [0.25, 0.3) is 0 Å². The fourth-order valence-corrected chi connectivity index (χ4v) is 3.37. The van der Waals surface area contributed by atoms with Gasteiger partial charge in [-0.25, -0.2) is 0 Å². The molecule has 0 bridgehead atoms. The maximum atomic E-state index is 12.5. The van der Waals surface area contributed by atoms with Gasteiger partial charge in [0.05, 0.1) is 6.61 Å². The van der Waals surface area contributed by atoms with Crippen LogP contribution in [0.5, 0.6) is 5.75 Å². The second kappa shape index (κ2) is 15.0. The fourth-order valence-electron chi connectivity index (χ4n) is 3.15. The van der Waals surface area contributed by atoms with Crippen LogP contribution in [0.3, 0.4) is 0 Å². The van der Waals surface area contributed by atoms with E-state index in [2.05, 4.69) is 29.8 Å². The molecular formula is C26H35N3O3S. The zero-order valence-electron chi connectivity index (χ0n) is 19.6. The largest absolute Gasteiger partial charge is 0.494 e. The van der Waals surface area contributed by atoms with Gasteiger partial charge in [0.15, 0.2) is 5.11 Å². The molecule has 2 amide bonds. The first-order valence-corrected chi connectivity index (χ1v) is 12.2. The summed E-state index contributed by atoms with van der Waals surface area (Å²) in [6.45, 7) is 5.60. The number of benzene rings is 2. The third kappa shape index (κ3) is 10.0. The first-order valence-electron chi connectivity index (χ1n) is 11.8. The standard InChI is InChI=1S/C26H35N3O3S/c1-3-5-7-8-9-18-32-23-15-13-20(14-16-23)25(31)29-26(33)28-22-12-10-11-21(19-22)24(30)27-17-6-4-2/h10-16,19H,3-9,17-18H2,1-2H3,(H,27,30)(H2,28,29,31,33). The summed E-state index contributed by atoms with van der Waals surface area (Å²) in [5.41, 5.74) is 1.65. The van der Waals surface area contributed by atoms with Gasteiger partial charge in [-0.15, -0.1) is 0 Å². The van der Waals surface area contributed by atoms with Crippen LogP contribution < -0.4 is 20.7 Å². The van der Waals surface area contributed by atoms with Crippen LogP contribution in [-0.4, -0.2) is 30.1 Å². The van der Waals surface area contributed by atoms with Crippen molar-refractivity contribution in [3.63, 3.8) is 0 Å². The van der Waals surface area contributed by atoms with Crippen molar-refractivity contribution in [2.75, 3.05) is 18.5 Å². The number of hydrogen-bond donors (Lipinski definition) is 3. The highest BCUT2D eigenvalue weighted by Gasteiger charge is 2.10. The fraction of sp³-hybridized carbons (Fsp3) is 0.423. The van der Waals surface area contributed by atoms with E-state index < -0.39 is 0 Å². The zero-order chi connectivity index (χ0) is 23.9. The lowest BCUT2D eigenvalue weighted by Crippen LogP contribution is -2.34. The van der Waals surface area contributed by atoms with Crippen LogP contribution in [-0.2, 0) is 0 Å². The van der Waals surface area contributed by atoms with Gasteiger partial charge in [-0.05, 0) is 67.5 Å². The molecule has 0 unspecified atom stereocenters. The molecule has 0 saturated carbocycles. The molecule has 0 aliphatic rings. The number of rotatable bonds is 13. The predicted molar refractivity (Wildman–Crippen MR) is 138 cm³/mol. The molecule has 178 valence electrons. The number of carbonyl (C=O) groups is 2. The number of thiocarbonyl (C=S) groups is 1. The van der Waals surface area contributed by atoms with E-state index in [4.69, 9.17) is 17.0 Å². The summed E-state index contributed by atoms with van der Waals surface area (Å²) < 4.78 is 5.74. The van der Waals surface area contributed by atoms with Crippen molar-refractivity contribution in [2.45, 2.75) is 58.8 Å². The van der Waals surface area contributed by atoms with Gasteiger partial charge >= 0.3 is 0 Å². The summed E-state index contributed by atoms with van der Waals surface area (Å²) in [7, 11) is 0. The van der Waals surface area contributed by atoms with Gasteiger partial charge in [-0.1, -0.05) is 52.0 Å². The molecule has 2 aromatic carbocycles. The SMILES string of the molecule is CCCCCCCOc1ccc(C(=O)NC(=S)Nc2cccc(C(=O)NCCCC)c2)cc1. The normalized spacial score (nSPS) is 10.4. The quantitative estimate of drug-likeness (QED) is 0.259. The highest BCUT2D eigenvalue weighted by molar-refractivity contribution is 7.80. The number of nitrogens with one attached hydrogen (secondary N) is 3. The molecule has 33 heavy (non-hydrogen) atoms. The number of anilines is 1. The highest BCUT2D eigenvalue weighted by Crippen LogP contribution is 2.14. The van der Waals surface area contributed by atoms with Gasteiger partial charge in [-0.3, -0.25) is 14.9 Å². The minimum atomic E-state index is -0.313. The molecule has 0 fully saturated rings. The van der Waals surface area contributed by atoms with E-state index in [1.807, 2.05) is 0 Å². The molecule has 0 saturated heterocycles. The van der Waals surface area contributed by atoms with Crippen molar-refractivity contribution in [2.24, 2.45) is 0 Å². The lowest BCUT2D eigenvalue weighted by Gasteiger charge is -2.11. The van der Waals surface area contributed by atoms with E-state index in [0.29, 0.717) is 30.0 Å². The van der Waals surface area contributed by atoms with Crippen LogP contribution in [0.1, 0.15) is 79.5 Å². The van der Waals surface area contributed by atoms with Crippen LogP contribution in [0, 0.1) is 0 Å². The number of carbonyl (C=O) groups excluding carboxylic acids is 2. The molecule has 0 radical (unpaired) electrons. The Morgan fingerprint density at radius 2 is 1.58 bits per heavy atom. The second-order valence-corrected chi connectivity index (χ2v) is 8.29. The van der Waals surface area contributed by atoms with Crippen LogP contribution >= 0.6 is 12.2 Å². The van der Waals surface area contributed by atoms with Crippen molar-refractivity contribution >= 4 is 34.8 Å².